The predicted molar refractivity (Wildman–Crippen MR) is 101 cm³/mol. The lowest BCUT2D eigenvalue weighted by atomic mass is 10.0. The van der Waals surface area contributed by atoms with Gasteiger partial charge in [0, 0.05) is 17.8 Å². The summed E-state index contributed by atoms with van der Waals surface area (Å²) < 4.78 is 27.7. The Labute approximate surface area is 165 Å². The lowest BCUT2D eigenvalue weighted by Gasteiger charge is -2.37. The third-order valence-electron chi connectivity index (χ3n) is 4.94. The largest absolute Gasteiger partial charge is 0.485 e. The van der Waals surface area contributed by atoms with E-state index in [4.69, 9.17) is 15.9 Å². The van der Waals surface area contributed by atoms with Gasteiger partial charge in [0.1, 0.15) is 29.8 Å². The Morgan fingerprint density at radius 2 is 2.31 bits per heavy atom. The summed E-state index contributed by atoms with van der Waals surface area (Å²) in [6, 6.07) is 3.49. The highest BCUT2D eigenvalue weighted by Crippen LogP contribution is 2.42. The van der Waals surface area contributed by atoms with Crippen LogP contribution in [-0.4, -0.2) is 39.3 Å². The van der Waals surface area contributed by atoms with Crippen LogP contribution in [0.5, 0.6) is 11.5 Å². The zero-order valence-corrected chi connectivity index (χ0v) is 15.4. The summed E-state index contributed by atoms with van der Waals surface area (Å²) >= 11 is 0. The van der Waals surface area contributed by atoms with Crippen molar-refractivity contribution in [3.8, 4) is 23.8 Å². The molecule has 2 aliphatic rings. The van der Waals surface area contributed by atoms with Crippen molar-refractivity contribution >= 4 is 17.4 Å². The fraction of sp³-hybridized carbons (Fsp3) is 0.250. The van der Waals surface area contributed by atoms with Gasteiger partial charge in [-0.2, -0.15) is 5.10 Å². The molecule has 0 radical (unpaired) electrons. The predicted octanol–water partition coefficient (Wildman–Crippen LogP) is 1.93. The first-order valence-electron chi connectivity index (χ1n) is 8.96. The second-order valence-electron chi connectivity index (χ2n) is 7.23. The Balaban J connectivity index is 1.71. The van der Waals surface area contributed by atoms with Crippen LogP contribution in [0.1, 0.15) is 28.9 Å². The van der Waals surface area contributed by atoms with E-state index in [9.17, 15) is 9.18 Å². The molecule has 0 spiro atoms. The summed E-state index contributed by atoms with van der Waals surface area (Å²) in [5.74, 6) is 2.79. The Hall–Kier alpha value is -3.80. The van der Waals surface area contributed by atoms with Crippen LogP contribution < -0.4 is 20.1 Å². The molecule has 2 aromatic heterocycles. The van der Waals surface area contributed by atoms with Crippen LogP contribution in [-0.2, 0) is 0 Å². The van der Waals surface area contributed by atoms with E-state index in [1.165, 1.54) is 22.8 Å². The zero-order valence-electron chi connectivity index (χ0n) is 15.4. The average molecular weight is 393 g/mol. The van der Waals surface area contributed by atoms with Crippen molar-refractivity contribution in [2.45, 2.75) is 18.6 Å². The number of terminal acetylenes is 1. The number of carbonyl (C=O) groups is 1. The minimum Gasteiger partial charge on any atom is -0.485 e. The first kappa shape index (κ1) is 17.3. The minimum atomic E-state index is -0.874. The van der Waals surface area contributed by atoms with E-state index in [2.05, 4.69) is 26.6 Å². The SMILES string of the molecule is C#C[C@H]1Nc2ccn3ncc(c3n2)C(=O)NC[C@]2(C)COc3cc(F)cc1c3O2. The van der Waals surface area contributed by atoms with Crippen LogP contribution in [0.25, 0.3) is 5.65 Å². The smallest absolute Gasteiger partial charge is 0.256 e. The van der Waals surface area contributed by atoms with Crippen molar-refractivity contribution in [1.29, 1.82) is 0 Å². The molecule has 5 rings (SSSR count). The number of aromatic nitrogens is 3. The molecule has 0 fully saturated rings. The number of ether oxygens (including phenoxy) is 2. The lowest BCUT2D eigenvalue weighted by molar-refractivity contribution is 0.00593. The molecule has 0 aliphatic carbocycles. The Kier molecular flexibility index (Phi) is 3.64. The standard InChI is InChI=1S/C20H16FN5O3/c1-3-14-12-6-11(21)7-15-17(12)29-20(2,10-28-15)9-22-19(27)13-8-23-26-5-4-16(24-14)25-18(13)26/h1,4-8,14H,9-10H2,2H3,(H,22,27)(H,24,25)/t14-,20-/m1/s1. The number of nitrogens with one attached hydrogen (secondary N) is 2. The molecule has 2 aliphatic heterocycles. The third kappa shape index (κ3) is 2.81. The maximum absolute atomic E-state index is 14.2. The Morgan fingerprint density at radius 1 is 1.45 bits per heavy atom. The second-order valence-corrected chi connectivity index (χ2v) is 7.23. The normalized spacial score (nSPS) is 22.8. The quantitative estimate of drug-likeness (QED) is 0.568. The Bertz CT molecular complexity index is 1200. The molecule has 4 heterocycles. The molecule has 3 aromatic rings. The minimum absolute atomic E-state index is 0.132. The maximum atomic E-state index is 14.2. The van der Waals surface area contributed by atoms with Gasteiger partial charge in [-0.1, -0.05) is 5.92 Å². The summed E-state index contributed by atoms with van der Waals surface area (Å²) in [6.07, 6.45) is 8.86. The number of carbonyl (C=O) groups excluding carboxylic acids is 1. The zero-order chi connectivity index (χ0) is 20.2. The van der Waals surface area contributed by atoms with Gasteiger partial charge < -0.3 is 20.1 Å². The maximum Gasteiger partial charge on any atom is 0.256 e. The summed E-state index contributed by atoms with van der Waals surface area (Å²) in [5, 5.41) is 10.1. The van der Waals surface area contributed by atoms with Crippen molar-refractivity contribution < 1.29 is 18.7 Å². The first-order valence-corrected chi connectivity index (χ1v) is 8.96. The van der Waals surface area contributed by atoms with Gasteiger partial charge in [-0.3, -0.25) is 4.79 Å². The molecule has 2 atom stereocenters. The van der Waals surface area contributed by atoms with Crippen LogP contribution in [0.2, 0.25) is 0 Å². The highest BCUT2D eigenvalue weighted by molar-refractivity contribution is 5.99. The molecule has 9 heteroatoms. The lowest BCUT2D eigenvalue weighted by Crippen LogP contribution is -2.51. The molecule has 1 aromatic carbocycles. The molecule has 29 heavy (non-hydrogen) atoms. The molecule has 146 valence electrons. The molecule has 0 unspecified atom stereocenters. The van der Waals surface area contributed by atoms with Gasteiger partial charge in [-0.05, 0) is 19.1 Å². The highest BCUT2D eigenvalue weighted by Gasteiger charge is 2.37. The van der Waals surface area contributed by atoms with E-state index >= 15 is 0 Å². The van der Waals surface area contributed by atoms with Crippen molar-refractivity contribution in [3.63, 3.8) is 0 Å². The first-order chi connectivity index (χ1) is 14.0. The highest BCUT2D eigenvalue weighted by atomic mass is 19.1. The molecule has 1 amide bonds. The number of anilines is 1. The number of rotatable bonds is 0. The van der Waals surface area contributed by atoms with Gasteiger partial charge in [0.05, 0.1) is 12.7 Å². The van der Waals surface area contributed by atoms with E-state index in [-0.39, 0.29) is 24.8 Å². The Morgan fingerprint density at radius 3 is 3.14 bits per heavy atom. The number of halogens is 1. The molecule has 0 saturated carbocycles. The summed E-state index contributed by atoms with van der Waals surface area (Å²) in [7, 11) is 0. The van der Waals surface area contributed by atoms with E-state index in [0.717, 1.165) is 0 Å². The van der Waals surface area contributed by atoms with Crippen LogP contribution >= 0.6 is 0 Å². The molecule has 4 bridgehead atoms. The third-order valence-corrected chi connectivity index (χ3v) is 4.94. The fourth-order valence-electron chi connectivity index (χ4n) is 3.44. The van der Waals surface area contributed by atoms with Crippen molar-refractivity contribution in [2.24, 2.45) is 0 Å². The topological polar surface area (TPSA) is 89.8 Å². The molecular weight excluding hydrogens is 377 g/mol. The average Bonchev–Trinajstić information content (AvgIpc) is 3.13. The van der Waals surface area contributed by atoms with Crippen molar-refractivity contribution in [2.75, 3.05) is 18.5 Å². The second kappa shape index (κ2) is 6.10. The number of hydrogen-bond donors (Lipinski definition) is 2. The number of benzene rings is 1. The molecular formula is C20H16FN5O3. The van der Waals surface area contributed by atoms with Gasteiger partial charge in [0.25, 0.3) is 5.91 Å². The number of fused-ring (bicyclic) bond motifs is 2. The summed E-state index contributed by atoms with van der Waals surface area (Å²) in [5.41, 5.74) is 0.223. The van der Waals surface area contributed by atoms with Gasteiger partial charge >= 0.3 is 0 Å². The van der Waals surface area contributed by atoms with E-state index in [1.54, 1.807) is 19.2 Å². The van der Waals surface area contributed by atoms with Gasteiger partial charge in [-0.25, -0.2) is 13.9 Å². The summed E-state index contributed by atoms with van der Waals surface area (Å²) in [6.45, 7) is 2.09. The summed E-state index contributed by atoms with van der Waals surface area (Å²) in [4.78, 5) is 17.2. The van der Waals surface area contributed by atoms with E-state index in [1.807, 2.05) is 0 Å². The molecule has 8 nitrogen and oxygen atoms in total. The number of nitrogens with zero attached hydrogens (tertiary/aromatic N) is 3. The van der Waals surface area contributed by atoms with Crippen molar-refractivity contribution in [1.82, 2.24) is 19.9 Å². The molecule has 2 N–H and O–H groups in total. The monoisotopic (exact) mass is 393 g/mol. The van der Waals surface area contributed by atoms with Gasteiger partial charge in [0.2, 0.25) is 0 Å². The number of hydrogen-bond acceptors (Lipinski definition) is 6. The fourth-order valence-corrected chi connectivity index (χ4v) is 3.44. The van der Waals surface area contributed by atoms with E-state index < -0.39 is 17.5 Å². The van der Waals surface area contributed by atoms with Crippen LogP contribution in [0, 0.1) is 18.2 Å². The van der Waals surface area contributed by atoms with Crippen LogP contribution in [0.3, 0.4) is 0 Å². The van der Waals surface area contributed by atoms with E-state index in [0.29, 0.717) is 28.3 Å². The molecule has 0 saturated heterocycles. The number of amides is 1. The van der Waals surface area contributed by atoms with Crippen molar-refractivity contribution in [3.05, 3.63) is 47.5 Å². The van der Waals surface area contributed by atoms with Crippen LogP contribution in [0.15, 0.2) is 30.6 Å². The van der Waals surface area contributed by atoms with Gasteiger partial charge in [0.15, 0.2) is 22.7 Å². The van der Waals surface area contributed by atoms with Crippen LogP contribution in [0.4, 0.5) is 10.2 Å². The van der Waals surface area contributed by atoms with Gasteiger partial charge in [-0.15, -0.1) is 6.42 Å².